The lowest BCUT2D eigenvalue weighted by Crippen LogP contribution is -2.25. The van der Waals surface area contributed by atoms with Gasteiger partial charge in [-0.15, -0.1) is 10.2 Å². The largest absolute Gasteiger partial charge is 0.324 e. The van der Waals surface area contributed by atoms with Gasteiger partial charge in [0.15, 0.2) is 11.0 Å². The Bertz CT molecular complexity index is 816. The summed E-state index contributed by atoms with van der Waals surface area (Å²) in [4.78, 5) is 2.25. The van der Waals surface area contributed by atoms with Gasteiger partial charge >= 0.3 is 0 Å². The minimum absolute atomic E-state index is 0.458. The molecule has 104 valence electrons. The van der Waals surface area contributed by atoms with Crippen LogP contribution in [-0.4, -0.2) is 16.7 Å². The van der Waals surface area contributed by atoms with Crippen molar-refractivity contribution in [1.82, 2.24) is 10.2 Å². The molecule has 0 fully saturated rings. The molecule has 0 atom stereocenters. The Morgan fingerprint density at radius 2 is 1.67 bits per heavy atom. The first-order valence-electron chi connectivity index (χ1n) is 7.11. The zero-order chi connectivity index (χ0) is 14.2. The Kier molecular flexibility index (Phi) is 3.00. The normalized spacial score (nSPS) is 14.2. The first-order valence-corrected chi connectivity index (χ1v) is 7.49. The fourth-order valence-corrected chi connectivity index (χ4v) is 3.21. The maximum atomic E-state index is 6.18. The van der Waals surface area contributed by atoms with Crippen LogP contribution >= 0.6 is 11.6 Å². The van der Waals surface area contributed by atoms with Crippen LogP contribution < -0.4 is 4.90 Å². The molecule has 1 aliphatic rings. The number of aryl methyl sites for hydroxylation is 1. The van der Waals surface area contributed by atoms with E-state index in [1.165, 1.54) is 11.3 Å². The smallest absolute Gasteiger partial charge is 0.163 e. The van der Waals surface area contributed by atoms with Gasteiger partial charge in [-0.25, -0.2) is 0 Å². The second-order valence-corrected chi connectivity index (χ2v) is 5.60. The summed E-state index contributed by atoms with van der Waals surface area (Å²) in [7, 11) is 0. The highest BCUT2D eigenvalue weighted by Gasteiger charge is 2.21. The summed E-state index contributed by atoms with van der Waals surface area (Å²) < 4.78 is 0. The second kappa shape index (κ2) is 5.01. The lowest BCUT2D eigenvalue weighted by Gasteiger charge is -2.30. The van der Waals surface area contributed by atoms with E-state index in [1.54, 1.807) is 0 Å². The van der Waals surface area contributed by atoms with Gasteiger partial charge in [-0.3, -0.25) is 0 Å². The molecule has 0 N–H and O–H groups in total. The summed E-state index contributed by atoms with van der Waals surface area (Å²) in [6, 6.07) is 16.5. The Morgan fingerprint density at radius 1 is 0.905 bits per heavy atom. The zero-order valence-corrected chi connectivity index (χ0v) is 12.2. The molecular weight excluding hydrogens is 282 g/mol. The molecule has 2 heterocycles. The van der Waals surface area contributed by atoms with E-state index in [0.29, 0.717) is 5.15 Å². The molecule has 3 nitrogen and oxygen atoms in total. The molecule has 0 bridgehead atoms. The number of hydrogen-bond acceptors (Lipinski definition) is 3. The number of aromatic nitrogens is 2. The van der Waals surface area contributed by atoms with Crippen LogP contribution in [0.25, 0.3) is 10.8 Å². The van der Waals surface area contributed by atoms with Gasteiger partial charge in [0.2, 0.25) is 0 Å². The molecule has 0 aliphatic carbocycles. The van der Waals surface area contributed by atoms with Crippen molar-refractivity contribution < 1.29 is 0 Å². The number of fused-ring (bicyclic) bond motifs is 2. The lowest BCUT2D eigenvalue weighted by molar-refractivity contribution is 0.756. The molecule has 4 rings (SSSR count). The van der Waals surface area contributed by atoms with Gasteiger partial charge in [0, 0.05) is 23.0 Å². The number of benzene rings is 2. The fraction of sp³-hybridized carbons (Fsp3) is 0.176. The number of hydrogen-bond donors (Lipinski definition) is 0. The van der Waals surface area contributed by atoms with E-state index in [0.717, 1.165) is 36.0 Å². The summed E-state index contributed by atoms with van der Waals surface area (Å²) in [6.45, 7) is 0.956. The molecule has 2 aromatic carbocycles. The average molecular weight is 296 g/mol. The van der Waals surface area contributed by atoms with Gasteiger partial charge in [0.05, 0.1) is 0 Å². The zero-order valence-electron chi connectivity index (χ0n) is 11.5. The van der Waals surface area contributed by atoms with E-state index >= 15 is 0 Å². The van der Waals surface area contributed by atoms with Crippen LogP contribution in [-0.2, 0) is 6.42 Å². The van der Waals surface area contributed by atoms with Gasteiger partial charge in [-0.1, -0.05) is 54.1 Å². The number of anilines is 2. The number of para-hydroxylation sites is 1. The third-order valence-corrected chi connectivity index (χ3v) is 4.27. The van der Waals surface area contributed by atoms with Gasteiger partial charge < -0.3 is 4.90 Å². The first kappa shape index (κ1) is 12.6. The predicted octanol–water partition coefficient (Wildman–Crippen LogP) is 4.37. The van der Waals surface area contributed by atoms with Crippen molar-refractivity contribution >= 4 is 33.9 Å². The lowest BCUT2D eigenvalue weighted by atomic mass is 10.0. The molecule has 1 aliphatic heterocycles. The highest BCUT2D eigenvalue weighted by molar-refractivity contribution is 6.34. The van der Waals surface area contributed by atoms with Gasteiger partial charge in [-0.2, -0.15) is 0 Å². The molecular formula is C17H14ClN3. The van der Waals surface area contributed by atoms with Crippen LogP contribution in [0.4, 0.5) is 11.5 Å². The Hall–Kier alpha value is -2.13. The Morgan fingerprint density at radius 3 is 2.57 bits per heavy atom. The maximum Gasteiger partial charge on any atom is 0.163 e. The molecule has 4 heteroatoms. The van der Waals surface area contributed by atoms with E-state index in [1.807, 2.05) is 18.2 Å². The van der Waals surface area contributed by atoms with Crippen LogP contribution in [0.1, 0.15) is 12.0 Å². The molecule has 0 saturated carbocycles. The Balaban J connectivity index is 1.94. The minimum atomic E-state index is 0.458. The van der Waals surface area contributed by atoms with E-state index in [-0.39, 0.29) is 0 Å². The van der Waals surface area contributed by atoms with Crippen LogP contribution in [0.5, 0.6) is 0 Å². The van der Waals surface area contributed by atoms with Crippen molar-refractivity contribution in [1.29, 1.82) is 0 Å². The highest BCUT2D eigenvalue weighted by Crippen LogP contribution is 2.36. The SMILES string of the molecule is Clc1nnc(N2CCCc3ccccc32)c2ccccc12. The van der Waals surface area contributed by atoms with Crippen LogP contribution in [0.3, 0.4) is 0 Å². The summed E-state index contributed by atoms with van der Waals surface area (Å²) in [6.07, 6.45) is 2.24. The van der Waals surface area contributed by atoms with Crippen molar-refractivity contribution in [2.24, 2.45) is 0 Å². The van der Waals surface area contributed by atoms with Crippen molar-refractivity contribution in [2.75, 3.05) is 11.4 Å². The molecule has 0 unspecified atom stereocenters. The standard InChI is InChI=1S/C17H14ClN3/c18-16-13-8-2-3-9-14(13)17(20-19-16)21-11-5-7-12-6-1-4-10-15(12)21/h1-4,6,8-10H,5,7,11H2. The summed E-state index contributed by atoms with van der Waals surface area (Å²) in [5, 5.41) is 11.0. The molecule has 0 spiro atoms. The average Bonchev–Trinajstić information content (AvgIpc) is 2.55. The summed E-state index contributed by atoms with van der Waals surface area (Å²) >= 11 is 6.18. The first-order chi connectivity index (χ1) is 10.3. The van der Waals surface area contributed by atoms with Gasteiger partial charge in [-0.05, 0) is 24.5 Å². The topological polar surface area (TPSA) is 29.0 Å². The van der Waals surface area contributed by atoms with Crippen LogP contribution in [0.15, 0.2) is 48.5 Å². The number of halogens is 1. The quantitative estimate of drug-likeness (QED) is 0.667. The molecule has 0 radical (unpaired) electrons. The molecule has 1 aromatic heterocycles. The third-order valence-electron chi connectivity index (χ3n) is 3.99. The van der Waals surface area contributed by atoms with Crippen molar-refractivity contribution in [3.63, 3.8) is 0 Å². The van der Waals surface area contributed by atoms with E-state index in [2.05, 4.69) is 45.4 Å². The molecule has 21 heavy (non-hydrogen) atoms. The summed E-state index contributed by atoms with van der Waals surface area (Å²) in [5.74, 6) is 0.891. The molecule has 0 saturated heterocycles. The second-order valence-electron chi connectivity index (χ2n) is 5.24. The summed E-state index contributed by atoms with van der Waals surface area (Å²) in [5.41, 5.74) is 2.59. The van der Waals surface area contributed by atoms with E-state index in [9.17, 15) is 0 Å². The monoisotopic (exact) mass is 295 g/mol. The van der Waals surface area contributed by atoms with E-state index < -0.39 is 0 Å². The maximum absolute atomic E-state index is 6.18. The van der Waals surface area contributed by atoms with Gasteiger partial charge in [0.1, 0.15) is 0 Å². The van der Waals surface area contributed by atoms with Crippen molar-refractivity contribution in [3.05, 3.63) is 59.2 Å². The number of nitrogens with zero attached hydrogens (tertiary/aromatic N) is 3. The highest BCUT2D eigenvalue weighted by atomic mass is 35.5. The fourth-order valence-electron chi connectivity index (χ4n) is 3.01. The molecule has 3 aromatic rings. The minimum Gasteiger partial charge on any atom is -0.324 e. The number of rotatable bonds is 1. The predicted molar refractivity (Wildman–Crippen MR) is 86.3 cm³/mol. The van der Waals surface area contributed by atoms with E-state index in [4.69, 9.17) is 11.6 Å². The van der Waals surface area contributed by atoms with Crippen molar-refractivity contribution in [2.45, 2.75) is 12.8 Å². The van der Waals surface area contributed by atoms with Gasteiger partial charge in [0.25, 0.3) is 0 Å². The van der Waals surface area contributed by atoms with Crippen LogP contribution in [0, 0.1) is 0 Å². The van der Waals surface area contributed by atoms with Crippen LogP contribution in [0.2, 0.25) is 5.15 Å². The Labute approximate surface area is 128 Å². The van der Waals surface area contributed by atoms with Crippen molar-refractivity contribution in [3.8, 4) is 0 Å². The third kappa shape index (κ3) is 2.05. The molecule has 0 amide bonds.